The number of carbonyl (C=O) groups is 1. The lowest BCUT2D eigenvalue weighted by Gasteiger charge is -2.31. The molecule has 17 heavy (non-hydrogen) atoms. The molecular formula is C12H16Cl2N2O. The lowest BCUT2D eigenvalue weighted by molar-refractivity contribution is -0.121. The van der Waals surface area contributed by atoms with Gasteiger partial charge in [-0.25, -0.2) is 0 Å². The molecule has 0 saturated carbocycles. The monoisotopic (exact) mass is 274 g/mol. The first kappa shape index (κ1) is 14.3. The van der Waals surface area contributed by atoms with Gasteiger partial charge in [0.15, 0.2) is 0 Å². The van der Waals surface area contributed by atoms with E-state index in [-0.39, 0.29) is 24.2 Å². The lowest BCUT2D eigenvalue weighted by Crippen LogP contribution is -2.48. The molecule has 3 nitrogen and oxygen atoms in total. The van der Waals surface area contributed by atoms with Crippen molar-refractivity contribution in [2.75, 3.05) is 18.4 Å². The predicted molar refractivity (Wildman–Crippen MR) is 72.9 cm³/mol. The smallest absolute Gasteiger partial charge is 0.227 e. The average molecular weight is 275 g/mol. The van der Waals surface area contributed by atoms with E-state index >= 15 is 0 Å². The van der Waals surface area contributed by atoms with Gasteiger partial charge in [0.25, 0.3) is 0 Å². The van der Waals surface area contributed by atoms with Crippen molar-refractivity contribution < 1.29 is 4.79 Å². The van der Waals surface area contributed by atoms with Gasteiger partial charge in [-0.15, -0.1) is 12.4 Å². The zero-order valence-electron chi connectivity index (χ0n) is 9.57. The Balaban J connectivity index is 0.00000144. The van der Waals surface area contributed by atoms with E-state index in [0.29, 0.717) is 16.6 Å². The number of amides is 1. The van der Waals surface area contributed by atoms with Crippen molar-refractivity contribution in [3.8, 4) is 0 Å². The molecule has 94 valence electrons. The maximum Gasteiger partial charge on any atom is 0.227 e. The van der Waals surface area contributed by atoms with Gasteiger partial charge in [-0.1, -0.05) is 30.7 Å². The van der Waals surface area contributed by atoms with E-state index in [0.717, 1.165) is 13.1 Å². The van der Waals surface area contributed by atoms with Crippen LogP contribution in [-0.4, -0.2) is 19.0 Å². The Morgan fingerprint density at radius 2 is 2.12 bits per heavy atom. The summed E-state index contributed by atoms with van der Waals surface area (Å²) in [5, 5.41) is 6.61. The molecule has 1 aromatic carbocycles. The van der Waals surface area contributed by atoms with Crippen molar-refractivity contribution >= 4 is 35.6 Å². The molecule has 0 radical (unpaired) electrons. The van der Waals surface area contributed by atoms with Crippen LogP contribution in [0.15, 0.2) is 24.3 Å². The molecule has 1 amide bonds. The number of benzene rings is 1. The molecule has 1 heterocycles. The Morgan fingerprint density at radius 3 is 2.65 bits per heavy atom. The van der Waals surface area contributed by atoms with Crippen LogP contribution in [0.3, 0.4) is 0 Å². The third-order valence-corrected chi connectivity index (χ3v) is 3.40. The van der Waals surface area contributed by atoms with Crippen molar-refractivity contribution in [2.45, 2.75) is 6.92 Å². The summed E-state index contributed by atoms with van der Waals surface area (Å²) in [7, 11) is 0. The lowest BCUT2D eigenvalue weighted by atomic mass is 9.88. The molecule has 0 aliphatic carbocycles. The number of anilines is 1. The molecule has 0 bridgehead atoms. The van der Waals surface area contributed by atoms with E-state index in [2.05, 4.69) is 10.6 Å². The summed E-state index contributed by atoms with van der Waals surface area (Å²) in [6, 6.07) is 7.28. The topological polar surface area (TPSA) is 41.1 Å². The Bertz CT molecular complexity index is 394. The fourth-order valence-electron chi connectivity index (χ4n) is 1.69. The van der Waals surface area contributed by atoms with Crippen LogP contribution in [-0.2, 0) is 4.79 Å². The van der Waals surface area contributed by atoms with Crippen LogP contribution in [0.1, 0.15) is 6.92 Å². The van der Waals surface area contributed by atoms with Gasteiger partial charge in [0.2, 0.25) is 5.91 Å². The van der Waals surface area contributed by atoms with Crippen LogP contribution in [0.5, 0.6) is 0 Å². The van der Waals surface area contributed by atoms with Crippen molar-refractivity contribution in [1.29, 1.82) is 0 Å². The highest BCUT2D eigenvalue weighted by atomic mass is 35.5. The second-order valence-electron chi connectivity index (χ2n) is 4.18. The SMILES string of the molecule is CC(C(=O)Nc1ccccc1Cl)C1CNC1.Cl. The molecule has 1 saturated heterocycles. The summed E-state index contributed by atoms with van der Waals surface area (Å²) in [4.78, 5) is 11.9. The van der Waals surface area contributed by atoms with Gasteiger partial charge < -0.3 is 10.6 Å². The number of halogens is 2. The first-order valence-electron chi connectivity index (χ1n) is 5.44. The van der Waals surface area contributed by atoms with Crippen LogP contribution in [0, 0.1) is 11.8 Å². The van der Waals surface area contributed by atoms with Crippen LogP contribution in [0.25, 0.3) is 0 Å². The van der Waals surface area contributed by atoms with E-state index in [1.54, 1.807) is 6.07 Å². The summed E-state index contributed by atoms with van der Waals surface area (Å²) in [6.45, 7) is 3.81. The Labute approximate surface area is 112 Å². The fraction of sp³-hybridized carbons (Fsp3) is 0.417. The second-order valence-corrected chi connectivity index (χ2v) is 4.58. The molecule has 2 N–H and O–H groups in total. The van der Waals surface area contributed by atoms with Gasteiger partial charge >= 0.3 is 0 Å². The van der Waals surface area contributed by atoms with Gasteiger partial charge in [-0.2, -0.15) is 0 Å². The van der Waals surface area contributed by atoms with Crippen molar-refractivity contribution in [2.24, 2.45) is 11.8 Å². The molecule has 2 rings (SSSR count). The zero-order valence-corrected chi connectivity index (χ0v) is 11.1. The average Bonchev–Trinajstić information content (AvgIpc) is 2.18. The highest BCUT2D eigenvalue weighted by molar-refractivity contribution is 6.33. The van der Waals surface area contributed by atoms with Crippen LogP contribution in [0.2, 0.25) is 5.02 Å². The van der Waals surface area contributed by atoms with Gasteiger partial charge in [-0.05, 0) is 31.1 Å². The van der Waals surface area contributed by atoms with Crippen molar-refractivity contribution in [1.82, 2.24) is 5.32 Å². The summed E-state index contributed by atoms with van der Waals surface area (Å²) < 4.78 is 0. The molecule has 1 fully saturated rings. The maximum atomic E-state index is 11.9. The van der Waals surface area contributed by atoms with Gasteiger partial charge in [-0.3, -0.25) is 4.79 Å². The third-order valence-electron chi connectivity index (χ3n) is 3.07. The number of rotatable bonds is 3. The molecule has 1 aromatic rings. The Kier molecular flexibility index (Phi) is 5.25. The molecule has 1 unspecified atom stereocenters. The maximum absolute atomic E-state index is 11.9. The van der Waals surface area contributed by atoms with Gasteiger partial charge in [0, 0.05) is 5.92 Å². The molecule has 0 spiro atoms. The molecule has 1 aliphatic heterocycles. The standard InChI is InChI=1S/C12H15ClN2O.ClH/c1-8(9-6-14-7-9)12(16)15-11-5-3-2-4-10(11)13;/h2-5,8-9,14H,6-7H2,1H3,(H,15,16);1H. The Hall–Kier alpha value is -0.770. The molecule has 1 atom stereocenters. The quantitative estimate of drug-likeness (QED) is 0.890. The minimum atomic E-state index is 0. The van der Waals surface area contributed by atoms with Crippen LogP contribution >= 0.6 is 24.0 Å². The number of hydrogen-bond acceptors (Lipinski definition) is 2. The Morgan fingerprint density at radius 1 is 1.47 bits per heavy atom. The van der Waals surface area contributed by atoms with E-state index in [4.69, 9.17) is 11.6 Å². The third kappa shape index (κ3) is 3.35. The molecular weight excluding hydrogens is 259 g/mol. The second kappa shape index (κ2) is 6.24. The number of nitrogens with one attached hydrogen (secondary N) is 2. The van der Waals surface area contributed by atoms with Crippen molar-refractivity contribution in [3.63, 3.8) is 0 Å². The zero-order chi connectivity index (χ0) is 11.5. The minimum absolute atomic E-state index is 0. The van der Waals surface area contributed by atoms with E-state index in [1.165, 1.54) is 0 Å². The van der Waals surface area contributed by atoms with Gasteiger partial charge in [0.1, 0.15) is 0 Å². The fourth-order valence-corrected chi connectivity index (χ4v) is 1.87. The van der Waals surface area contributed by atoms with Crippen LogP contribution in [0.4, 0.5) is 5.69 Å². The van der Waals surface area contributed by atoms with Gasteiger partial charge in [0.05, 0.1) is 10.7 Å². The number of para-hydroxylation sites is 1. The van der Waals surface area contributed by atoms with E-state index in [1.807, 2.05) is 25.1 Å². The first-order valence-corrected chi connectivity index (χ1v) is 5.82. The largest absolute Gasteiger partial charge is 0.325 e. The summed E-state index contributed by atoms with van der Waals surface area (Å²) >= 11 is 5.97. The molecule has 0 aromatic heterocycles. The summed E-state index contributed by atoms with van der Waals surface area (Å²) in [5.74, 6) is 0.514. The minimum Gasteiger partial charge on any atom is -0.325 e. The number of carbonyl (C=O) groups excluding carboxylic acids is 1. The predicted octanol–water partition coefficient (Wildman–Crippen LogP) is 2.56. The van der Waals surface area contributed by atoms with E-state index in [9.17, 15) is 4.79 Å². The van der Waals surface area contributed by atoms with Crippen molar-refractivity contribution in [3.05, 3.63) is 29.3 Å². The first-order chi connectivity index (χ1) is 7.68. The highest BCUT2D eigenvalue weighted by Crippen LogP contribution is 2.23. The summed E-state index contributed by atoms with van der Waals surface area (Å²) in [6.07, 6.45) is 0. The molecule has 5 heteroatoms. The normalized spacial score (nSPS) is 16.6. The van der Waals surface area contributed by atoms with Crippen LogP contribution < -0.4 is 10.6 Å². The number of hydrogen-bond donors (Lipinski definition) is 2. The molecule has 1 aliphatic rings. The summed E-state index contributed by atoms with van der Waals surface area (Å²) in [5.41, 5.74) is 0.688. The van der Waals surface area contributed by atoms with E-state index < -0.39 is 0 Å². The highest BCUT2D eigenvalue weighted by Gasteiger charge is 2.28.